The molecular formula is C11H12FNO2. The fourth-order valence-corrected chi connectivity index (χ4v) is 1.54. The topological polar surface area (TPSA) is 29.5 Å². The van der Waals surface area contributed by atoms with Crippen molar-refractivity contribution < 1.29 is 14.0 Å². The Hall–Kier alpha value is -1.42. The second kappa shape index (κ2) is 4.40. The summed E-state index contributed by atoms with van der Waals surface area (Å²) in [5.41, 5.74) is 0.415. The van der Waals surface area contributed by atoms with Gasteiger partial charge in [-0.25, -0.2) is 9.45 Å². The monoisotopic (exact) mass is 209 g/mol. The molecule has 1 aliphatic heterocycles. The second-order valence-corrected chi connectivity index (χ2v) is 3.45. The van der Waals surface area contributed by atoms with Gasteiger partial charge in [-0.15, -0.1) is 0 Å². The molecule has 1 aromatic carbocycles. The van der Waals surface area contributed by atoms with Gasteiger partial charge in [-0.3, -0.25) is 9.63 Å². The van der Waals surface area contributed by atoms with Crippen molar-refractivity contribution in [1.82, 2.24) is 5.06 Å². The van der Waals surface area contributed by atoms with Crippen molar-refractivity contribution in [2.24, 2.45) is 0 Å². The molecule has 1 amide bonds. The van der Waals surface area contributed by atoms with Gasteiger partial charge in [0.05, 0.1) is 19.6 Å². The van der Waals surface area contributed by atoms with Crippen LogP contribution in [0.4, 0.5) is 4.39 Å². The molecule has 3 nitrogen and oxygen atoms in total. The molecule has 1 aliphatic rings. The van der Waals surface area contributed by atoms with Gasteiger partial charge >= 0.3 is 0 Å². The van der Waals surface area contributed by atoms with E-state index in [0.717, 1.165) is 6.42 Å². The van der Waals surface area contributed by atoms with Crippen LogP contribution >= 0.6 is 0 Å². The highest BCUT2D eigenvalue weighted by atomic mass is 19.1. The Morgan fingerprint density at radius 1 is 1.47 bits per heavy atom. The Kier molecular flexibility index (Phi) is 2.97. The number of benzene rings is 1. The average Bonchev–Trinajstić information content (AvgIpc) is 2.74. The maximum atomic E-state index is 13.2. The summed E-state index contributed by atoms with van der Waals surface area (Å²) < 4.78 is 13.2. The third-order valence-corrected chi connectivity index (χ3v) is 2.33. The minimum Gasteiger partial charge on any atom is -0.272 e. The summed E-state index contributed by atoms with van der Waals surface area (Å²) in [6, 6.07) is 6.29. The van der Waals surface area contributed by atoms with Crippen LogP contribution in [-0.4, -0.2) is 24.1 Å². The molecular weight excluding hydrogens is 197 g/mol. The van der Waals surface area contributed by atoms with Crippen molar-refractivity contribution in [1.29, 1.82) is 0 Å². The summed E-state index contributed by atoms with van der Waals surface area (Å²) in [5, 5.41) is 1.31. The quantitative estimate of drug-likeness (QED) is 0.739. The van der Waals surface area contributed by atoms with Gasteiger partial charge in [0.25, 0.3) is 5.91 Å². The summed E-state index contributed by atoms with van der Waals surface area (Å²) >= 11 is 0. The Morgan fingerprint density at radius 3 is 2.93 bits per heavy atom. The average molecular weight is 209 g/mol. The first-order valence-corrected chi connectivity index (χ1v) is 4.94. The Morgan fingerprint density at radius 2 is 2.27 bits per heavy atom. The Balaban J connectivity index is 2.02. The van der Waals surface area contributed by atoms with Gasteiger partial charge in [0, 0.05) is 0 Å². The number of nitrogens with zero attached hydrogens (tertiary/aromatic N) is 1. The van der Waals surface area contributed by atoms with Gasteiger partial charge in [0.2, 0.25) is 0 Å². The van der Waals surface area contributed by atoms with Crippen molar-refractivity contribution in [3.8, 4) is 0 Å². The van der Waals surface area contributed by atoms with Crippen LogP contribution in [0, 0.1) is 5.82 Å². The van der Waals surface area contributed by atoms with E-state index in [9.17, 15) is 9.18 Å². The zero-order chi connectivity index (χ0) is 10.7. The SMILES string of the molecule is O=C(Cc1ccccc1F)N1CCCO1. The molecule has 80 valence electrons. The van der Waals surface area contributed by atoms with Gasteiger partial charge < -0.3 is 0 Å². The van der Waals surface area contributed by atoms with Crippen LogP contribution < -0.4 is 0 Å². The number of carbonyl (C=O) groups is 1. The van der Waals surface area contributed by atoms with E-state index in [1.165, 1.54) is 11.1 Å². The molecule has 0 N–H and O–H groups in total. The number of hydroxylamine groups is 2. The smallest absolute Gasteiger partial charge is 0.250 e. The number of amides is 1. The van der Waals surface area contributed by atoms with E-state index in [-0.39, 0.29) is 18.1 Å². The van der Waals surface area contributed by atoms with Crippen LogP contribution in [0.25, 0.3) is 0 Å². The van der Waals surface area contributed by atoms with Crippen LogP contribution in [0.3, 0.4) is 0 Å². The lowest BCUT2D eigenvalue weighted by molar-refractivity contribution is -0.167. The van der Waals surface area contributed by atoms with Crippen LogP contribution in [-0.2, 0) is 16.1 Å². The van der Waals surface area contributed by atoms with Crippen LogP contribution in [0.15, 0.2) is 24.3 Å². The predicted octanol–water partition coefficient (Wildman–Crippen LogP) is 1.53. The number of carbonyl (C=O) groups excluding carboxylic acids is 1. The molecule has 0 spiro atoms. The van der Waals surface area contributed by atoms with Crippen molar-refractivity contribution >= 4 is 5.91 Å². The molecule has 2 rings (SSSR count). The molecule has 1 saturated heterocycles. The summed E-state index contributed by atoms with van der Waals surface area (Å²) in [6.07, 6.45) is 0.912. The van der Waals surface area contributed by atoms with Crippen molar-refractivity contribution in [2.75, 3.05) is 13.2 Å². The normalized spacial score (nSPS) is 15.7. The first-order chi connectivity index (χ1) is 7.27. The molecule has 0 saturated carbocycles. The Labute approximate surface area is 87.4 Å². The third kappa shape index (κ3) is 2.33. The second-order valence-electron chi connectivity index (χ2n) is 3.45. The number of hydrogen-bond donors (Lipinski definition) is 0. The molecule has 1 fully saturated rings. The van der Waals surface area contributed by atoms with Crippen LogP contribution in [0.2, 0.25) is 0 Å². The molecule has 0 bridgehead atoms. The predicted molar refractivity (Wildman–Crippen MR) is 52.4 cm³/mol. The van der Waals surface area contributed by atoms with E-state index < -0.39 is 0 Å². The van der Waals surface area contributed by atoms with Gasteiger partial charge in [-0.2, -0.15) is 0 Å². The first kappa shape index (κ1) is 10.1. The highest BCUT2D eigenvalue weighted by Gasteiger charge is 2.20. The van der Waals surface area contributed by atoms with E-state index in [0.29, 0.717) is 18.7 Å². The van der Waals surface area contributed by atoms with Crippen LogP contribution in [0.1, 0.15) is 12.0 Å². The lowest BCUT2D eigenvalue weighted by Gasteiger charge is -2.13. The van der Waals surface area contributed by atoms with E-state index in [1.54, 1.807) is 18.2 Å². The van der Waals surface area contributed by atoms with E-state index >= 15 is 0 Å². The maximum absolute atomic E-state index is 13.2. The highest BCUT2D eigenvalue weighted by Crippen LogP contribution is 2.11. The fourth-order valence-electron chi connectivity index (χ4n) is 1.54. The van der Waals surface area contributed by atoms with E-state index in [2.05, 4.69) is 0 Å². The zero-order valence-corrected chi connectivity index (χ0v) is 8.28. The van der Waals surface area contributed by atoms with E-state index in [4.69, 9.17) is 4.84 Å². The van der Waals surface area contributed by atoms with Crippen LogP contribution in [0.5, 0.6) is 0 Å². The lowest BCUT2D eigenvalue weighted by atomic mass is 10.1. The number of hydrogen-bond acceptors (Lipinski definition) is 2. The molecule has 0 aliphatic carbocycles. The molecule has 4 heteroatoms. The Bertz CT molecular complexity index is 361. The standard InChI is InChI=1S/C11H12FNO2/c12-10-5-2-1-4-9(10)8-11(14)13-6-3-7-15-13/h1-2,4-5H,3,6-8H2. The maximum Gasteiger partial charge on any atom is 0.250 e. The highest BCUT2D eigenvalue weighted by molar-refractivity contribution is 5.77. The largest absolute Gasteiger partial charge is 0.272 e. The summed E-state index contributed by atoms with van der Waals surface area (Å²) in [6.45, 7) is 1.18. The molecule has 1 aromatic rings. The van der Waals surface area contributed by atoms with Gasteiger partial charge in [0.15, 0.2) is 0 Å². The molecule has 15 heavy (non-hydrogen) atoms. The lowest BCUT2D eigenvalue weighted by Crippen LogP contribution is -2.28. The summed E-state index contributed by atoms with van der Waals surface area (Å²) in [4.78, 5) is 16.7. The van der Waals surface area contributed by atoms with Crippen molar-refractivity contribution in [2.45, 2.75) is 12.8 Å². The molecule has 1 heterocycles. The molecule has 0 atom stereocenters. The van der Waals surface area contributed by atoms with Gasteiger partial charge in [0.1, 0.15) is 5.82 Å². The van der Waals surface area contributed by atoms with Gasteiger partial charge in [-0.05, 0) is 18.1 Å². The summed E-state index contributed by atoms with van der Waals surface area (Å²) in [5.74, 6) is -0.525. The number of halogens is 1. The van der Waals surface area contributed by atoms with Crippen molar-refractivity contribution in [3.63, 3.8) is 0 Å². The summed E-state index contributed by atoms with van der Waals surface area (Å²) in [7, 11) is 0. The zero-order valence-electron chi connectivity index (χ0n) is 8.28. The van der Waals surface area contributed by atoms with E-state index in [1.807, 2.05) is 0 Å². The van der Waals surface area contributed by atoms with Crippen molar-refractivity contribution in [3.05, 3.63) is 35.6 Å². The molecule has 0 radical (unpaired) electrons. The fraction of sp³-hybridized carbons (Fsp3) is 0.364. The van der Waals surface area contributed by atoms with Gasteiger partial charge in [-0.1, -0.05) is 18.2 Å². The number of rotatable bonds is 2. The molecule has 0 unspecified atom stereocenters. The minimum absolute atomic E-state index is 0.0622. The first-order valence-electron chi connectivity index (χ1n) is 4.94. The molecule has 0 aromatic heterocycles. The third-order valence-electron chi connectivity index (χ3n) is 2.33. The minimum atomic E-state index is -0.343.